The molecule has 1 atom stereocenters. The van der Waals surface area contributed by atoms with Gasteiger partial charge < -0.3 is 10.6 Å². The fourth-order valence-electron chi connectivity index (χ4n) is 2.96. The van der Waals surface area contributed by atoms with Crippen molar-refractivity contribution >= 4 is 34.6 Å². The number of para-hydroxylation sites is 1. The zero-order valence-electron chi connectivity index (χ0n) is 12.8. The van der Waals surface area contributed by atoms with Crippen molar-refractivity contribution in [2.75, 3.05) is 30.3 Å². The van der Waals surface area contributed by atoms with Gasteiger partial charge in [0, 0.05) is 49.0 Å². The summed E-state index contributed by atoms with van der Waals surface area (Å²) in [5.41, 5.74) is 7.06. The Balaban J connectivity index is 0.00000176. The number of rotatable bonds is 4. The van der Waals surface area contributed by atoms with Crippen LogP contribution in [0.25, 0.3) is 0 Å². The Kier molecular flexibility index (Phi) is 6.06. The van der Waals surface area contributed by atoms with E-state index in [9.17, 15) is 0 Å². The molecule has 1 fully saturated rings. The molecule has 22 heavy (non-hydrogen) atoms. The van der Waals surface area contributed by atoms with Gasteiger partial charge >= 0.3 is 0 Å². The first kappa shape index (κ1) is 17.1. The van der Waals surface area contributed by atoms with E-state index in [4.69, 9.17) is 5.73 Å². The molecule has 120 valence electrons. The van der Waals surface area contributed by atoms with Crippen LogP contribution in [0.1, 0.15) is 18.2 Å². The molecule has 0 amide bonds. The molecule has 0 spiro atoms. The number of thiazole rings is 1. The van der Waals surface area contributed by atoms with Crippen LogP contribution in [0.4, 0.5) is 10.8 Å². The van der Waals surface area contributed by atoms with Crippen LogP contribution in [-0.4, -0.2) is 35.6 Å². The lowest BCUT2D eigenvalue weighted by atomic mass is 10.1. The summed E-state index contributed by atoms with van der Waals surface area (Å²) < 4.78 is 0. The molecule has 2 aromatic rings. The first-order valence-corrected chi connectivity index (χ1v) is 8.32. The predicted octanol–water partition coefficient (Wildman–Crippen LogP) is 3.25. The second-order valence-electron chi connectivity index (χ2n) is 5.48. The molecule has 0 radical (unpaired) electrons. The van der Waals surface area contributed by atoms with E-state index >= 15 is 0 Å². The maximum atomic E-state index is 5.73. The van der Waals surface area contributed by atoms with Gasteiger partial charge in [-0.3, -0.25) is 4.90 Å². The third-order valence-corrected chi connectivity index (χ3v) is 4.94. The van der Waals surface area contributed by atoms with Crippen LogP contribution in [0.2, 0.25) is 0 Å². The standard InChI is InChI=1S/C16H22N4S.ClH/c1-2-13-11-19(14-6-4-3-5-7-14)8-9-20(13)12-15-10-18-16(17)21-15;/h3-7,10,13H,2,8-9,11-12H2,1H3,(H2,17,18);1H. The molecule has 2 heterocycles. The van der Waals surface area contributed by atoms with Gasteiger partial charge in [0.2, 0.25) is 0 Å². The number of benzene rings is 1. The van der Waals surface area contributed by atoms with Crippen molar-refractivity contribution < 1.29 is 0 Å². The number of nitrogen functional groups attached to an aromatic ring is 1. The minimum absolute atomic E-state index is 0. The van der Waals surface area contributed by atoms with E-state index in [1.54, 1.807) is 11.3 Å². The van der Waals surface area contributed by atoms with E-state index in [1.165, 1.54) is 10.6 Å². The van der Waals surface area contributed by atoms with Gasteiger partial charge in [0.25, 0.3) is 0 Å². The number of nitrogens with two attached hydrogens (primary N) is 1. The molecule has 1 saturated heterocycles. The Bertz CT molecular complexity index is 575. The molecule has 3 rings (SSSR count). The Hall–Kier alpha value is -1.30. The van der Waals surface area contributed by atoms with Crippen molar-refractivity contribution in [3.8, 4) is 0 Å². The second kappa shape index (κ2) is 7.81. The normalized spacial score (nSPS) is 19.0. The minimum atomic E-state index is 0. The van der Waals surface area contributed by atoms with Gasteiger partial charge in [0.15, 0.2) is 5.13 Å². The summed E-state index contributed by atoms with van der Waals surface area (Å²) in [7, 11) is 0. The monoisotopic (exact) mass is 338 g/mol. The summed E-state index contributed by atoms with van der Waals surface area (Å²) in [6.07, 6.45) is 3.08. The molecule has 0 aliphatic carbocycles. The Morgan fingerprint density at radius 3 is 2.68 bits per heavy atom. The van der Waals surface area contributed by atoms with Gasteiger partial charge in [-0.2, -0.15) is 0 Å². The Morgan fingerprint density at radius 2 is 2.05 bits per heavy atom. The largest absolute Gasteiger partial charge is 0.375 e. The molecule has 1 unspecified atom stereocenters. The third kappa shape index (κ3) is 3.91. The van der Waals surface area contributed by atoms with Crippen molar-refractivity contribution in [1.29, 1.82) is 0 Å². The van der Waals surface area contributed by atoms with Crippen LogP contribution >= 0.6 is 23.7 Å². The molecule has 1 aromatic carbocycles. The molecular formula is C16H23ClN4S. The lowest BCUT2D eigenvalue weighted by Crippen LogP contribution is -2.52. The second-order valence-corrected chi connectivity index (χ2v) is 6.63. The van der Waals surface area contributed by atoms with Crippen molar-refractivity contribution in [3.05, 3.63) is 41.4 Å². The van der Waals surface area contributed by atoms with Crippen molar-refractivity contribution in [2.24, 2.45) is 0 Å². The zero-order chi connectivity index (χ0) is 14.7. The van der Waals surface area contributed by atoms with E-state index < -0.39 is 0 Å². The number of nitrogens with zero attached hydrogens (tertiary/aromatic N) is 3. The highest BCUT2D eigenvalue weighted by atomic mass is 35.5. The molecule has 1 aliphatic heterocycles. The number of piperazine rings is 1. The fourth-order valence-corrected chi connectivity index (χ4v) is 3.67. The van der Waals surface area contributed by atoms with Crippen LogP contribution < -0.4 is 10.6 Å². The van der Waals surface area contributed by atoms with Crippen molar-refractivity contribution in [1.82, 2.24) is 9.88 Å². The first-order chi connectivity index (χ1) is 10.3. The van der Waals surface area contributed by atoms with Crippen LogP contribution in [-0.2, 0) is 6.54 Å². The molecule has 4 nitrogen and oxygen atoms in total. The highest BCUT2D eigenvalue weighted by molar-refractivity contribution is 7.15. The van der Waals surface area contributed by atoms with Crippen LogP contribution in [0.3, 0.4) is 0 Å². The predicted molar refractivity (Wildman–Crippen MR) is 96.9 cm³/mol. The topological polar surface area (TPSA) is 45.4 Å². The van der Waals surface area contributed by atoms with Crippen molar-refractivity contribution in [2.45, 2.75) is 25.9 Å². The lowest BCUT2D eigenvalue weighted by Gasteiger charge is -2.42. The van der Waals surface area contributed by atoms with Crippen molar-refractivity contribution in [3.63, 3.8) is 0 Å². The van der Waals surface area contributed by atoms with Gasteiger partial charge in [0.1, 0.15) is 0 Å². The number of anilines is 2. The summed E-state index contributed by atoms with van der Waals surface area (Å²) in [6.45, 7) is 6.50. The zero-order valence-corrected chi connectivity index (χ0v) is 14.4. The lowest BCUT2D eigenvalue weighted by molar-refractivity contribution is 0.165. The highest BCUT2D eigenvalue weighted by Crippen LogP contribution is 2.23. The summed E-state index contributed by atoms with van der Waals surface area (Å²) >= 11 is 1.60. The molecule has 1 aromatic heterocycles. The molecule has 0 saturated carbocycles. The Morgan fingerprint density at radius 1 is 1.27 bits per heavy atom. The maximum absolute atomic E-state index is 5.73. The van der Waals surface area contributed by atoms with Gasteiger partial charge in [-0.05, 0) is 18.6 Å². The summed E-state index contributed by atoms with van der Waals surface area (Å²) in [5, 5.41) is 0.668. The molecule has 2 N–H and O–H groups in total. The third-order valence-electron chi connectivity index (χ3n) is 4.13. The van der Waals surface area contributed by atoms with Gasteiger partial charge in [-0.25, -0.2) is 4.98 Å². The average molecular weight is 339 g/mol. The maximum Gasteiger partial charge on any atom is 0.180 e. The highest BCUT2D eigenvalue weighted by Gasteiger charge is 2.26. The number of hydrogen-bond donors (Lipinski definition) is 1. The number of halogens is 1. The smallest absolute Gasteiger partial charge is 0.180 e. The summed E-state index contributed by atoms with van der Waals surface area (Å²) in [6, 6.07) is 11.3. The molecular weight excluding hydrogens is 316 g/mol. The van der Waals surface area contributed by atoms with Crippen LogP contribution in [0.5, 0.6) is 0 Å². The summed E-state index contributed by atoms with van der Waals surface area (Å²) in [4.78, 5) is 10.5. The fraction of sp³-hybridized carbons (Fsp3) is 0.438. The van der Waals surface area contributed by atoms with Crippen LogP contribution in [0.15, 0.2) is 36.5 Å². The average Bonchev–Trinajstić information content (AvgIpc) is 2.94. The first-order valence-electron chi connectivity index (χ1n) is 7.50. The SMILES string of the molecule is CCC1CN(c2ccccc2)CCN1Cc1cnc(N)s1.Cl. The van der Waals surface area contributed by atoms with E-state index in [2.05, 4.69) is 52.0 Å². The van der Waals surface area contributed by atoms with E-state index in [0.717, 1.165) is 32.6 Å². The van der Waals surface area contributed by atoms with Gasteiger partial charge in [-0.15, -0.1) is 23.7 Å². The minimum Gasteiger partial charge on any atom is -0.375 e. The van der Waals surface area contributed by atoms with E-state index in [1.807, 2.05) is 6.20 Å². The quantitative estimate of drug-likeness (QED) is 0.929. The number of aromatic nitrogens is 1. The van der Waals surface area contributed by atoms with E-state index in [0.29, 0.717) is 11.2 Å². The number of hydrogen-bond acceptors (Lipinski definition) is 5. The molecule has 1 aliphatic rings. The summed E-state index contributed by atoms with van der Waals surface area (Å²) in [5.74, 6) is 0. The van der Waals surface area contributed by atoms with Gasteiger partial charge in [0.05, 0.1) is 0 Å². The van der Waals surface area contributed by atoms with E-state index in [-0.39, 0.29) is 12.4 Å². The van der Waals surface area contributed by atoms with Crippen LogP contribution in [0, 0.1) is 0 Å². The molecule has 0 bridgehead atoms. The van der Waals surface area contributed by atoms with Gasteiger partial charge in [-0.1, -0.05) is 25.1 Å². The Labute approximate surface area is 142 Å². The molecule has 6 heteroatoms.